The number of fused-ring (bicyclic) bond motifs is 1. The lowest BCUT2D eigenvalue weighted by Crippen LogP contribution is -2.38. The molecule has 1 fully saturated rings. The fourth-order valence-electron chi connectivity index (χ4n) is 5.33. The van der Waals surface area contributed by atoms with E-state index in [2.05, 4.69) is 43.0 Å². The van der Waals surface area contributed by atoms with Crippen molar-refractivity contribution < 1.29 is 0 Å². The molecule has 166 valence electrons. The highest BCUT2D eigenvalue weighted by molar-refractivity contribution is 5.76. The number of piperidine rings is 1. The maximum absolute atomic E-state index is 13.7. The molecule has 0 N–H and O–H groups in total. The van der Waals surface area contributed by atoms with Crippen LogP contribution < -0.4 is 10.6 Å². The van der Waals surface area contributed by atoms with E-state index in [0.717, 1.165) is 42.5 Å². The molecule has 1 aliphatic rings. The molecular formula is C28H28N4O. The zero-order valence-corrected chi connectivity index (χ0v) is 19.2. The third kappa shape index (κ3) is 3.72. The lowest BCUT2D eigenvalue weighted by Gasteiger charge is -2.35. The first-order valence-electron chi connectivity index (χ1n) is 11.6. The van der Waals surface area contributed by atoms with Gasteiger partial charge in [-0.3, -0.25) is 9.13 Å². The van der Waals surface area contributed by atoms with Gasteiger partial charge in [0.15, 0.2) is 0 Å². The van der Waals surface area contributed by atoms with Crippen LogP contribution in [0.2, 0.25) is 0 Å². The van der Waals surface area contributed by atoms with Crippen LogP contribution in [0.5, 0.6) is 0 Å². The summed E-state index contributed by atoms with van der Waals surface area (Å²) in [6, 6.07) is 24.4. The number of hydrogen-bond donors (Lipinski definition) is 0. The second kappa shape index (κ2) is 8.63. The Hall–Kier alpha value is -3.78. The first kappa shape index (κ1) is 21.1. The molecule has 5 heteroatoms. The van der Waals surface area contributed by atoms with Gasteiger partial charge in [-0.2, -0.15) is 5.26 Å². The van der Waals surface area contributed by atoms with Gasteiger partial charge >= 0.3 is 5.69 Å². The zero-order chi connectivity index (χ0) is 22.9. The average Bonchev–Trinajstić information content (AvgIpc) is 3.11. The predicted molar refractivity (Wildman–Crippen MR) is 133 cm³/mol. The Morgan fingerprint density at radius 3 is 2.21 bits per heavy atom. The van der Waals surface area contributed by atoms with Crippen molar-refractivity contribution >= 4 is 16.7 Å². The van der Waals surface area contributed by atoms with E-state index in [1.165, 1.54) is 16.8 Å². The predicted octanol–water partition coefficient (Wildman–Crippen LogP) is 5.18. The second-order valence-corrected chi connectivity index (χ2v) is 8.96. The Morgan fingerprint density at radius 1 is 0.879 bits per heavy atom. The van der Waals surface area contributed by atoms with E-state index in [-0.39, 0.29) is 11.7 Å². The maximum Gasteiger partial charge on any atom is 0.329 e. The van der Waals surface area contributed by atoms with Crippen molar-refractivity contribution in [3.8, 4) is 6.07 Å². The lowest BCUT2D eigenvalue weighted by atomic mass is 10.0. The number of benzene rings is 3. The molecule has 0 aliphatic carbocycles. The van der Waals surface area contributed by atoms with Gasteiger partial charge in [-0.15, -0.1) is 0 Å². The van der Waals surface area contributed by atoms with Crippen molar-refractivity contribution in [3.63, 3.8) is 0 Å². The molecule has 0 unspecified atom stereocenters. The zero-order valence-electron chi connectivity index (χ0n) is 19.2. The van der Waals surface area contributed by atoms with Crippen LogP contribution in [-0.4, -0.2) is 22.2 Å². The monoisotopic (exact) mass is 436 g/mol. The molecule has 0 spiro atoms. The second-order valence-electron chi connectivity index (χ2n) is 8.96. The van der Waals surface area contributed by atoms with Crippen molar-refractivity contribution in [1.29, 1.82) is 5.26 Å². The van der Waals surface area contributed by atoms with E-state index in [1.54, 1.807) is 0 Å². The SMILES string of the molecule is Cc1cccc(C)c1N1CCC(n2c(=O)n(Cc3ccccc3C#N)c3ccccc32)CC1. The normalized spacial score (nSPS) is 14.5. The maximum atomic E-state index is 13.7. The lowest BCUT2D eigenvalue weighted by molar-refractivity contribution is 0.392. The molecule has 1 aliphatic heterocycles. The van der Waals surface area contributed by atoms with E-state index in [0.29, 0.717) is 12.1 Å². The summed E-state index contributed by atoms with van der Waals surface area (Å²) in [6.07, 6.45) is 1.85. The number of aryl methyl sites for hydroxylation is 2. The fourth-order valence-corrected chi connectivity index (χ4v) is 5.33. The molecule has 5 rings (SSSR count). The Bertz CT molecular complexity index is 1390. The standard InChI is InChI=1S/C28H28N4O/c1-20-8-7-9-21(2)27(20)30-16-14-24(15-17-30)32-26-13-6-5-12-25(26)31(28(32)33)19-23-11-4-3-10-22(23)18-29/h3-13,24H,14-17,19H2,1-2H3. The molecule has 2 heterocycles. The molecule has 1 aromatic heterocycles. The number of rotatable bonds is 4. The van der Waals surface area contributed by atoms with Crippen molar-refractivity contribution in [1.82, 2.24) is 9.13 Å². The average molecular weight is 437 g/mol. The molecule has 0 bridgehead atoms. The number of para-hydroxylation sites is 3. The molecule has 1 saturated heterocycles. The quantitative estimate of drug-likeness (QED) is 0.443. The highest BCUT2D eigenvalue weighted by atomic mass is 16.1. The Balaban J connectivity index is 1.48. The molecule has 0 saturated carbocycles. The van der Waals surface area contributed by atoms with Crippen LogP contribution in [0, 0.1) is 25.2 Å². The number of hydrogen-bond acceptors (Lipinski definition) is 3. The van der Waals surface area contributed by atoms with E-state index >= 15 is 0 Å². The van der Waals surface area contributed by atoms with Crippen molar-refractivity contribution in [2.24, 2.45) is 0 Å². The Kier molecular flexibility index (Phi) is 5.51. The summed E-state index contributed by atoms with van der Waals surface area (Å²) >= 11 is 0. The third-order valence-corrected chi connectivity index (χ3v) is 6.92. The van der Waals surface area contributed by atoms with Gasteiger partial charge in [0, 0.05) is 24.8 Å². The van der Waals surface area contributed by atoms with Gasteiger partial charge in [0.05, 0.1) is 29.2 Å². The first-order valence-corrected chi connectivity index (χ1v) is 11.6. The van der Waals surface area contributed by atoms with E-state index in [4.69, 9.17) is 0 Å². The summed E-state index contributed by atoms with van der Waals surface area (Å²) in [6.45, 7) is 6.60. The Morgan fingerprint density at radius 2 is 1.52 bits per heavy atom. The number of anilines is 1. The number of aromatic nitrogens is 2. The molecule has 5 nitrogen and oxygen atoms in total. The molecule has 0 radical (unpaired) electrons. The fraction of sp³-hybridized carbons (Fsp3) is 0.286. The number of imidazole rings is 1. The van der Waals surface area contributed by atoms with Crippen LogP contribution in [0.3, 0.4) is 0 Å². The van der Waals surface area contributed by atoms with E-state index < -0.39 is 0 Å². The summed E-state index contributed by atoms with van der Waals surface area (Å²) in [5, 5.41) is 9.50. The topological polar surface area (TPSA) is 54.0 Å². The molecule has 33 heavy (non-hydrogen) atoms. The molecule has 0 amide bonds. The van der Waals surface area contributed by atoms with Gasteiger partial charge in [-0.1, -0.05) is 48.5 Å². The van der Waals surface area contributed by atoms with Crippen molar-refractivity contribution in [2.75, 3.05) is 18.0 Å². The third-order valence-electron chi connectivity index (χ3n) is 6.92. The molecular weight excluding hydrogens is 408 g/mol. The minimum atomic E-state index is 0.00876. The minimum absolute atomic E-state index is 0.00876. The van der Waals surface area contributed by atoms with Crippen LogP contribution in [0.1, 0.15) is 41.1 Å². The van der Waals surface area contributed by atoms with Gasteiger partial charge in [-0.25, -0.2) is 4.79 Å². The van der Waals surface area contributed by atoms with Gasteiger partial charge in [0.2, 0.25) is 0 Å². The number of nitriles is 1. The smallest absolute Gasteiger partial charge is 0.329 e. The van der Waals surface area contributed by atoms with Gasteiger partial charge in [-0.05, 0) is 61.6 Å². The van der Waals surface area contributed by atoms with E-state index in [9.17, 15) is 10.1 Å². The summed E-state index contributed by atoms with van der Waals surface area (Å²) < 4.78 is 3.82. The van der Waals surface area contributed by atoms with Gasteiger partial charge in [0.25, 0.3) is 0 Å². The van der Waals surface area contributed by atoms with Crippen LogP contribution in [0.25, 0.3) is 11.0 Å². The van der Waals surface area contributed by atoms with Crippen LogP contribution in [-0.2, 0) is 6.54 Å². The summed E-state index contributed by atoms with van der Waals surface area (Å²) in [4.78, 5) is 16.1. The highest BCUT2D eigenvalue weighted by Gasteiger charge is 2.26. The van der Waals surface area contributed by atoms with Crippen molar-refractivity contribution in [3.05, 3.63) is 99.5 Å². The molecule has 0 atom stereocenters. The van der Waals surface area contributed by atoms with Crippen LogP contribution in [0.4, 0.5) is 5.69 Å². The van der Waals surface area contributed by atoms with Crippen LogP contribution in [0.15, 0.2) is 71.5 Å². The summed E-state index contributed by atoms with van der Waals surface area (Å²) in [5.41, 5.74) is 7.33. The minimum Gasteiger partial charge on any atom is -0.371 e. The van der Waals surface area contributed by atoms with Crippen LogP contribution >= 0.6 is 0 Å². The van der Waals surface area contributed by atoms with E-state index in [1.807, 2.05) is 57.7 Å². The number of nitrogens with zero attached hydrogens (tertiary/aromatic N) is 4. The molecule has 3 aromatic carbocycles. The Labute approximate surface area is 194 Å². The van der Waals surface area contributed by atoms with Crippen molar-refractivity contribution in [2.45, 2.75) is 39.3 Å². The first-order chi connectivity index (χ1) is 16.1. The van der Waals surface area contributed by atoms with Gasteiger partial charge in [0.1, 0.15) is 0 Å². The highest BCUT2D eigenvalue weighted by Crippen LogP contribution is 2.32. The summed E-state index contributed by atoms with van der Waals surface area (Å²) in [5.74, 6) is 0. The largest absolute Gasteiger partial charge is 0.371 e. The molecule has 4 aromatic rings. The summed E-state index contributed by atoms with van der Waals surface area (Å²) in [7, 11) is 0. The van der Waals surface area contributed by atoms with Gasteiger partial charge < -0.3 is 4.90 Å².